The smallest absolute Gasteiger partial charge is 0.162 e. The Balaban J connectivity index is 1.67. The van der Waals surface area contributed by atoms with E-state index in [1.54, 1.807) is 6.07 Å². The lowest BCUT2D eigenvalue weighted by molar-refractivity contribution is 0.486. The molecular formula is C17H17F2N. The second-order valence-electron chi connectivity index (χ2n) is 5.50. The van der Waals surface area contributed by atoms with Crippen LogP contribution in [0.25, 0.3) is 0 Å². The fraction of sp³-hybridized carbons (Fsp3) is 0.294. The molecule has 0 amide bonds. The Morgan fingerprint density at radius 1 is 1.05 bits per heavy atom. The SMILES string of the molecule is NC(Cc1cccc(F)c1F)C1CC1c1ccccc1. The zero-order valence-corrected chi connectivity index (χ0v) is 11.1. The maximum Gasteiger partial charge on any atom is 0.162 e. The van der Waals surface area contributed by atoms with E-state index < -0.39 is 11.6 Å². The minimum atomic E-state index is -0.801. The van der Waals surface area contributed by atoms with Crippen LogP contribution in [0.1, 0.15) is 23.5 Å². The van der Waals surface area contributed by atoms with Crippen LogP contribution in [0, 0.1) is 17.6 Å². The number of hydrogen-bond acceptors (Lipinski definition) is 1. The van der Waals surface area contributed by atoms with Crippen molar-refractivity contribution in [2.45, 2.75) is 24.8 Å². The average molecular weight is 273 g/mol. The van der Waals surface area contributed by atoms with E-state index in [0.717, 1.165) is 12.5 Å². The third kappa shape index (κ3) is 2.59. The summed E-state index contributed by atoms with van der Waals surface area (Å²) in [6, 6.07) is 14.4. The fourth-order valence-electron chi connectivity index (χ4n) is 2.88. The van der Waals surface area contributed by atoms with E-state index in [9.17, 15) is 8.78 Å². The highest BCUT2D eigenvalue weighted by Gasteiger charge is 2.42. The first kappa shape index (κ1) is 13.3. The standard InChI is InChI=1S/C17H17F2N/c18-15-8-4-7-12(17(15)19)9-16(20)14-10-13(14)11-5-2-1-3-6-11/h1-8,13-14,16H,9-10,20H2. The van der Waals surface area contributed by atoms with Gasteiger partial charge in [0, 0.05) is 6.04 Å². The van der Waals surface area contributed by atoms with Gasteiger partial charge in [-0.15, -0.1) is 0 Å². The first-order valence-corrected chi connectivity index (χ1v) is 6.90. The van der Waals surface area contributed by atoms with Gasteiger partial charge < -0.3 is 5.73 Å². The molecule has 0 aliphatic heterocycles. The van der Waals surface area contributed by atoms with Gasteiger partial charge in [0.15, 0.2) is 11.6 Å². The van der Waals surface area contributed by atoms with E-state index in [4.69, 9.17) is 5.73 Å². The molecule has 1 fully saturated rings. The molecule has 0 aromatic heterocycles. The zero-order chi connectivity index (χ0) is 14.1. The molecule has 1 aliphatic rings. The fourth-order valence-corrected chi connectivity index (χ4v) is 2.88. The van der Waals surface area contributed by atoms with Gasteiger partial charge in [0.25, 0.3) is 0 Å². The van der Waals surface area contributed by atoms with E-state index in [0.29, 0.717) is 23.8 Å². The van der Waals surface area contributed by atoms with E-state index >= 15 is 0 Å². The van der Waals surface area contributed by atoms with Gasteiger partial charge in [-0.1, -0.05) is 42.5 Å². The summed E-state index contributed by atoms with van der Waals surface area (Å²) in [5.41, 5.74) is 7.82. The third-order valence-electron chi connectivity index (χ3n) is 4.10. The van der Waals surface area contributed by atoms with Crippen molar-refractivity contribution >= 4 is 0 Å². The quantitative estimate of drug-likeness (QED) is 0.904. The third-order valence-corrected chi connectivity index (χ3v) is 4.10. The van der Waals surface area contributed by atoms with Gasteiger partial charge in [-0.25, -0.2) is 8.78 Å². The predicted molar refractivity (Wildman–Crippen MR) is 75.3 cm³/mol. The minimum absolute atomic E-state index is 0.128. The summed E-state index contributed by atoms with van der Waals surface area (Å²) in [4.78, 5) is 0. The molecule has 0 spiro atoms. The molecule has 3 unspecified atom stereocenters. The highest BCUT2D eigenvalue weighted by Crippen LogP contribution is 2.49. The Kier molecular flexibility index (Phi) is 3.53. The number of benzene rings is 2. The molecule has 2 N–H and O–H groups in total. The maximum absolute atomic E-state index is 13.6. The van der Waals surface area contributed by atoms with E-state index in [1.165, 1.54) is 11.6 Å². The Hall–Kier alpha value is -1.74. The molecule has 0 heterocycles. The topological polar surface area (TPSA) is 26.0 Å². The molecule has 1 nitrogen and oxygen atoms in total. The molecule has 0 bridgehead atoms. The van der Waals surface area contributed by atoms with Gasteiger partial charge in [-0.2, -0.15) is 0 Å². The molecule has 1 aliphatic carbocycles. The van der Waals surface area contributed by atoms with Gasteiger partial charge in [-0.05, 0) is 41.9 Å². The van der Waals surface area contributed by atoms with Gasteiger partial charge in [0.2, 0.25) is 0 Å². The summed E-state index contributed by atoms with van der Waals surface area (Å²) in [6.07, 6.45) is 1.42. The predicted octanol–water partition coefficient (Wildman–Crippen LogP) is 3.64. The second kappa shape index (κ2) is 5.33. The first-order valence-electron chi connectivity index (χ1n) is 6.90. The van der Waals surface area contributed by atoms with Crippen LogP contribution in [0.4, 0.5) is 8.78 Å². The summed E-state index contributed by atoms with van der Waals surface area (Å²) in [7, 11) is 0. The normalized spacial score (nSPS) is 22.6. The van der Waals surface area contributed by atoms with Crippen molar-refractivity contribution in [1.29, 1.82) is 0 Å². The highest BCUT2D eigenvalue weighted by molar-refractivity contribution is 5.28. The Morgan fingerprint density at radius 2 is 1.80 bits per heavy atom. The monoisotopic (exact) mass is 273 g/mol. The van der Waals surface area contributed by atoms with Gasteiger partial charge in [0.1, 0.15) is 0 Å². The highest BCUT2D eigenvalue weighted by atomic mass is 19.2. The Labute approximate surface area is 117 Å². The van der Waals surface area contributed by atoms with E-state index in [-0.39, 0.29) is 6.04 Å². The first-order chi connectivity index (χ1) is 9.66. The molecule has 2 aromatic carbocycles. The van der Waals surface area contributed by atoms with Crippen LogP contribution < -0.4 is 5.73 Å². The summed E-state index contributed by atoms with van der Waals surface area (Å²) >= 11 is 0. The largest absolute Gasteiger partial charge is 0.327 e. The van der Waals surface area contributed by atoms with Crippen molar-refractivity contribution in [2.75, 3.05) is 0 Å². The Morgan fingerprint density at radius 3 is 2.55 bits per heavy atom. The van der Waals surface area contributed by atoms with Crippen molar-refractivity contribution in [3.8, 4) is 0 Å². The van der Waals surface area contributed by atoms with Crippen molar-refractivity contribution < 1.29 is 8.78 Å². The number of nitrogens with two attached hydrogens (primary N) is 1. The minimum Gasteiger partial charge on any atom is -0.327 e. The summed E-state index contributed by atoms with van der Waals surface area (Å²) in [5.74, 6) is -0.743. The van der Waals surface area contributed by atoms with Gasteiger partial charge in [-0.3, -0.25) is 0 Å². The maximum atomic E-state index is 13.6. The van der Waals surface area contributed by atoms with Crippen molar-refractivity contribution in [1.82, 2.24) is 0 Å². The second-order valence-corrected chi connectivity index (χ2v) is 5.50. The lowest BCUT2D eigenvalue weighted by atomic mass is 9.99. The van der Waals surface area contributed by atoms with E-state index in [1.807, 2.05) is 18.2 Å². The number of hydrogen-bond donors (Lipinski definition) is 1. The van der Waals surface area contributed by atoms with Crippen molar-refractivity contribution in [3.05, 3.63) is 71.3 Å². The molecule has 2 aromatic rings. The van der Waals surface area contributed by atoms with Crippen LogP contribution in [-0.4, -0.2) is 6.04 Å². The van der Waals surface area contributed by atoms with Crippen LogP contribution in [-0.2, 0) is 6.42 Å². The van der Waals surface area contributed by atoms with Crippen molar-refractivity contribution in [2.24, 2.45) is 11.7 Å². The molecule has 1 saturated carbocycles. The van der Waals surface area contributed by atoms with Crippen molar-refractivity contribution in [3.63, 3.8) is 0 Å². The summed E-state index contributed by atoms with van der Waals surface area (Å²) in [5, 5.41) is 0. The van der Waals surface area contributed by atoms with Crippen LogP contribution in [0.3, 0.4) is 0 Å². The van der Waals surface area contributed by atoms with Gasteiger partial charge >= 0.3 is 0 Å². The number of rotatable bonds is 4. The summed E-state index contributed by atoms with van der Waals surface area (Å²) in [6.45, 7) is 0. The van der Waals surface area contributed by atoms with Gasteiger partial charge in [0.05, 0.1) is 0 Å². The Bertz CT molecular complexity index is 597. The molecule has 3 rings (SSSR count). The van der Waals surface area contributed by atoms with Crippen LogP contribution in [0.2, 0.25) is 0 Å². The average Bonchev–Trinajstić information content (AvgIpc) is 3.25. The number of halogens is 2. The molecule has 20 heavy (non-hydrogen) atoms. The molecular weight excluding hydrogens is 256 g/mol. The molecule has 0 radical (unpaired) electrons. The van der Waals surface area contributed by atoms with Crippen LogP contribution >= 0.6 is 0 Å². The lowest BCUT2D eigenvalue weighted by Crippen LogP contribution is -2.26. The molecule has 3 heteroatoms. The van der Waals surface area contributed by atoms with Crippen LogP contribution in [0.15, 0.2) is 48.5 Å². The van der Waals surface area contributed by atoms with E-state index in [2.05, 4.69) is 12.1 Å². The molecule has 0 saturated heterocycles. The zero-order valence-electron chi connectivity index (χ0n) is 11.1. The molecule has 3 atom stereocenters. The molecule has 104 valence electrons. The summed E-state index contributed by atoms with van der Waals surface area (Å²) < 4.78 is 26.8. The van der Waals surface area contributed by atoms with Crippen LogP contribution in [0.5, 0.6) is 0 Å². The lowest BCUT2D eigenvalue weighted by Gasteiger charge is -2.12.